The summed E-state index contributed by atoms with van der Waals surface area (Å²) in [6.45, 7) is 5.75. The first-order chi connectivity index (χ1) is 12.8. The number of hydrogen-bond acceptors (Lipinski definition) is 4. The van der Waals surface area contributed by atoms with Crippen molar-refractivity contribution in [2.75, 3.05) is 32.7 Å². The average molecular weight is 412 g/mol. The first-order valence-corrected chi connectivity index (χ1v) is 10.8. The molecule has 1 saturated heterocycles. The summed E-state index contributed by atoms with van der Waals surface area (Å²) in [6.07, 6.45) is 6.91. The molecule has 6 nitrogen and oxygen atoms in total. The standard InChI is InChI=1S/C19H26ClN3O3S/c1-4-19(5-2,6-3)21-18(24)15-22-11-13-23(14-12-22)27(25,26)17-9-7-16(20)8-10-17/h1,7-10H,5-6,11-15H2,2-3H3,(H,21,24). The van der Waals surface area contributed by atoms with Crippen LogP contribution in [0.2, 0.25) is 5.02 Å². The Balaban J connectivity index is 1.92. The van der Waals surface area contributed by atoms with E-state index in [0.29, 0.717) is 44.0 Å². The molecule has 0 unspecified atom stereocenters. The maximum absolute atomic E-state index is 12.7. The predicted molar refractivity (Wildman–Crippen MR) is 107 cm³/mol. The second kappa shape index (κ2) is 9.07. The number of carbonyl (C=O) groups is 1. The number of hydrogen-bond donors (Lipinski definition) is 1. The van der Waals surface area contributed by atoms with Crippen LogP contribution in [0.15, 0.2) is 29.2 Å². The molecule has 1 aliphatic rings. The van der Waals surface area contributed by atoms with E-state index in [0.717, 1.165) is 0 Å². The Kier molecular flexibility index (Phi) is 7.29. The second-order valence-electron chi connectivity index (χ2n) is 6.62. The van der Waals surface area contributed by atoms with E-state index >= 15 is 0 Å². The lowest BCUT2D eigenvalue weighted by molar-refractivity contribution is -0.123. The Morgan fingerprint density at radius 3 is 2.22 bits per heavy atom. The summed E-state index contributed by atoms with van der Waals surface area (Å²) < 4.78 is 26.8. The fraction of sp³-hybridized carbons (Fsp3) is 0.526. The van der Waals surface area contributed by atoms with Crippen molar-refractivity contribution < 1.29 is 13.2 Å². The van der Waals surface area contributed by atoms with Gasteiger partial charge in [-0.15, -0.1) is 6.42 Å². The minimum absolute atomic E-state index is 0.134. The van der Waals surface area contributed by atoms with E-state index < -0.39 is 15.6 Å². The minimum Gasteiger partial charge on any atom is -0.339 e. The van der Waals surface area contributed by atoms with Gasteiger partial charge in [0.1, 0.15) is 5.54 Å². The Hall–Kier alpha value is -1.59. The molecule has 0 aliphatic carbocycles. The van der Waals surface area contributed by atoms with Crippen molar-refractivity contribution >= 4 is 27.5 Å². The fourth-order valence-corrected chi connectivity index (χ4v) is 4.61. The molecule has 0 saturated carbocycles. The number of carbonyl (C=O) groups excluding carboxylic acids is 1. The van der Waals surface area contributed by atoms with Crippen molar-refractivity contribution in [3.05, 3.63) is 29.3 Å². The highest BCUT2D eigenvalue weighted by Crippen LogP contribution is 2.20. The Bertz CT molecular complexity index is 790. The van der Waals surface area contributed by atoms with Gasteiger partial charge in [-0.25, -0.2) is 8.42 Å². The second-order valence-corrected chi connectivity index (χ2v) is 8.99. The van der Waals surface area contributed by atoms with Gasteiger partial charge >= 0.3 is 0 Å². The first-order valence-electron chi connectivity index (χ1n) is 9.03. The van der Waals surface area contributed by atoms with Crippen LogP contribution in [0.25, 0.3) is 0 Å². The number of halogens is 1. The summed E-state index contributed by atoms with van der Waals surface area (Å²) in [5.41, 5.74) is -0.614. The van der Waals surface area contributed by atoms with E-state index in [2.05, 4.69) is 11.2 Å². The fourth-order valence-electron chi connectivity index (χ4n) is 3.06. The number of sulfonamides is 1. The maximum atomic E-state index is 12.7. The van der Waals surface area contributed by atoms with Gasteiger partial charge in [-0.05, 0) is 37.1 Å². The number of nitrogens with zero attached hydrogens (tertiary/aromatic N) is 2. The van der Waals surface area contributed by atoms with Crippen molar-refractivity contribution in [2.45, 2.75) is 37.1 Å². The van der Waals surface area contributed by atoms with Crippen LogP contribution in [0.4, 0.5) is 0 Å². The van der Waals surface area contributed by atoms with Gasteiger partial charge in [0.15, 0.2) is 0 Å². The lowest BCUT2D eigenvalue weighted by Gasteiger charge is -2.34. The molecule has 1 aromatic carbocycles. The van der Waals surface area contributed by atoms with Gasteiger partial charge in [0, 0.05) is 31.2 Å². The smallest absolute Gasteiger partial charge is 0.243 e. The highest BCUT2D eigenvalue weighted by Gasteiger charge is 2.30. The van der Waals surface area contributed by atoms with Gasteiger partial charge in [-0.3, -0.25) is 9.69 Å². The molecule has 0 atom stereocenters. The molecule has 1 N–H and O–H groups in total. The third-order valence-electron chi connectivity index (χ3n) is 5.01. The lowest BCUT2D eigenvalue weighted by Crippen LogP contribution is -2.54. The summed E-state index contributed by atoms with van der Waals surface area (Å²) in [7, 11) is -3.55. The van der Waals surface area contributed by atoms with Gasteiger partial charge in [-0.1, -0.05) is 31.4 Å². The summed E-state index contributed by atoms with van der Waals surface area (Å²) in [5.74, 6) is 2.55. The van der Waals surface area contributed by atoms with E-state index in [4.69, 9.17) is 18.0 Å². The molecule has 1 heterocycles. The Morgan fingerprint density at radius 2 is 1.74 bits per heavy atom. The van der Waals surface area contributed by atoms with Crippen molar-refractivity contribution in [1.29, 1.82) is 0 Å². The molecule has 148 valence electrons. The molecule has 0 radical (unpaired) electrons. The zero-order valence-electron chi connectivity index (χ0n) is 15.7. The first kappa shape index (κ1) is 21.7. The van der Waals surface area contributed by atoms with E-state index in [9.17, 15) is 13.2 Å². The van der Waals surface area contributed by atoms with Crippen LogP contribution >= 0.6 is 11.6 Å². The number of nitrogens with one attached hydrogen (secondary N) is 1. The molecule has 1 fully saturated rings. The van der Waals surface area contributed by atoms with E-state index in [1.807, 2.05) is 18.7 Å². The molecule has 1 aromatic rings. The topological polar surface area (TPSA) is 69.7 Å². The van der Waals surface area contributed by atoms with Crippen LogP contribution in [0, 0.1) is 12.3 Å². The summed E-state index contributed by atoms with van der Waals surface area (Å²) in [6, 6.07) is 6.14. The molecule has 1 amide bonds. The predicted octanol–water partition coefficient (Wildman–Crippen LogP) is 1.95. The summed E-state index contributed by atoms with van der Waals surface area (Å²) >= 11 is 5.83. The molecule has 0 bridgehead atoms. The third-order valence-corrected chi connectivity index (χ3v) is 7.18. The zero-order valence-corrected chi connectivity index (χ0v) is 17.3. The van der Waals surface area contributed by atoms with Gasteiger partial charge in [0.2, 0.25) is 15.9 Å². The number of terminal acetylenes is 1. The van der Waals surface area contributed by atoms with Crippen LogP contribution in [-0.4, -0.2) is 61.8 Å². The van der Waals surface area contributed by atoms with E-state index in [1.54, 1.807) is 12.1 Å². The van der Waals surface area contributed by atoms with Gasteiger partial charge in [-0.2, -0.15) is 4.31 Å². The molecule has 27 heavy (non-hydrogen) atoms. The number of rotatable bonds is 7. The lowest BCUT2D eigenvalue weighted by atomic mass is 9.94. The molecular formula is C19H26ClN3O3S. The number of benzene rings is 1. The quantitative estimate of drug-likeness (QED) is 0.696. The Labute approximate surface area is 166 Å². The van der Waals surface area contributed by atoms with Crippen molar-refractivity contribution in [3.63, 3.8) is 0 Å². The maximum Gasteiger partial charge on any atom is 0.243 e. The summed E-state index contributed by atoms with van der Waals surface area (Å²) in [4.78, 5) is 14.5. The normalized spacial score (nSPS) is 16.7. The zero-order chi connectivity index (χ0) is 20.1. The summed E-state index contributed by atoms with van der Waals surface area (Å²) in [5, 5.41) is 3.43. The van der Waals surface area contributed by atoms with Crippen molar-refractivity contribution in [1.82, 2.24) is 14.5 Å². The van der Waals surface area contributed by atoms with Crippen LogP contribution in [0.1, 0.15) is 26.7 Å². The van der Waals surface area contributed by atoms with Gasteiger partial charge in [0.05, 0.1) is 11.4 Å². The highest BCUT2D eigenvalue weighted by atomic mass is 35.5. The third kappa shape index (κ3) is 5.23. The van der Waals surface area contributed by atoms with E-state index in [-0.39, 0.29) is 17.3 Å². The number of piperazine rings is 1. The van der Waals surface area contributed by atoms with Crippen molar-refractivity contribution in [2.24, 2.45) is 0 Å². The van der Waals surface area contributed by atoms with Crippen molar-refractivity contribution in [3.8, 4) is 12.3 Å². The number of amides is 1. The Morgan fingerprint density at radius 1 is 1.19 bits per heavy atom. The van der Waals surface area contributed by atoms with Gasteiger partial charge < -0.3 is 5.32 Å². The molecule has 8 heteroatoms. The molecule has 0 spiro atoms. The van der Waals surface area contributed by atoms with Gasteiger partial charge in [0.25, 0.3) is 0 Å². The molecular weight excluding hydrogens is 386 g/mol. The van der Waals surface area contributed by atoms with Crippen LogP contribution in [0.5, 0.6) is 0 Å². The minimum atomic E-state index is -3.55. The van der Waals surface area contributed by atoms with Crippen LogP contribution < -0.4 is 5.32 Å². The molecule has 2 rings (SSSR count). The molecule has 1 aliphatic heterocycles. The monoisotopic (exact) mass is 411 g/mol. The highest BCUT2D eigenvalue weighted by molar-refractivity contribution is 7.89. The van der Waals surface area contributed by atoms with Crippen LogP contribution in [0.3, 0.4) is 0 Å². The SMILES string of the molecule is C#CC(CC)(CC)NC(=O)CN1CCN(S(=O)(=O)c2ccc(Cl)cc2)CC1. The van der Waals surface area contributed by atoms with E-state index in [1.165, 1.54) is 16.4 Å². The molecule has 0 aromatic heterocycles. The van der Waals surface area contributed by atoms with Crippen LogP contribution in [-0.2, 0) is 14.8 Å². The average Bonchev–Trinajstić information content (AvgIpc) is 2.67. The largest absolute Gasteiger partial charge is 0.339 e.